The molecule has 2 bridgehead atoms. The van der Waals surface area contributed by atoms with Crippen LogP contribution in [0.5, 0.6) is 0 Å². The maximum Gasteiger partial charge on any atom is 0.243 e. The van der Waals surface area contributed by atoms with Crippen LogP contribution in [-0.4, -0.2) is 10.1 Å². The second-order valence-electron chi connectivity index (χ2n) is 5.40. The van der Waals surface area contributed by atoms with Gasteiger partial charge in [-0.25, -0.2) is 0 Å². The van der Waals surface area contributed by atoms with Gasteiger partial charge in [-0.3, -0.25) is 0 Å². The summed E-state index contributed by atoms with van der Waals surface area (Å²) in [7, 11) is 0. The fourth-order valence-electron chi connectivity index (χ4n) is 3.39. The van der Waals surface area contributed by atoms with Gasteiger partial charge in [0.1, 0.15) is 0 Å². The van der Waals surface area contributed by atoms with E-state index in [0.29, 0.717) is 18.2 Å². The maximum absolute atomic E-state index is 5.93. The number of rotatable bonds is 4. The molecular formula is C13H19N3O. The summed E-state index contributed by atoms with van der Waals surface area (Å²) in [4.78, 5) is 4.48. The van der Waals surface area contributed by atoms with E-state index in [2.05, 4.69) is 16.7 Å². The average Bonchev–Trinajstić information content (AvgIpc) is 3.05. The second kappa shape index (κ2) is 4.26. The number of hydrogen-bond donors (Lipinski definition) is 1. The molecule has 1 aromatic rings. The van der Waals surface area contributed by atoms with Crippen LogP contribution >= 0.6 is 0 Å². The average molecular weight is 233 g/mol. The highest BCUT2D eigenvalue weighted by atomic mass is 16.5. The Morgan fingerprint density at radius 2 is 2.35 bits per heavy atom. The van der Waals surface area contributed by atoms with E-state index in [1.54, 1.807) is 6.08 Å². The first-order valence-electron chi connectivity index (χ1n) is 6.48. The predicted octanol–water partition coefficient (Wildman–Crippen LogP) is 2.55. The zero-order chi connectivity index (χ0) is 11.8. The Balaban J connectivity index is 1.74. The molecule has 0 aliphatic heterocycles. The van der Waals surface area contributed by atoms with Gasteiger partial charge in [0.2, 0.25) is 5.89 Å². The van der Waals surface area contributed by atoms with E-state index in [9.17, 15) is 0 Å². The highest BCUT2D eigenvalue weighted by Gasteiger charge is 2.42. The van der Waals surface area contributed by atoms with Crippen molar-refractivity contribution in [2.24, 2.45) is 17.6 Å². The Morgan fingerprint density at radius 1 is 1.47 bits per heavy atom. The molecule has 2 saturated carbocycles. The largest absolute Gasteiger partial charge is 0.338 e. The Labute approximate surface area is 101 Å². The molecule has 0 amide bonds. The molecule has 0 saturated heterocycles. The monoisotopic (exact) mass is 233 g/mol. The van der Waals surface area contributed by atoms with Gasteiger partial charge in [-0.1, -0.05) is 17.7 Å². The molecule has 1 aromatic heterocycles. The molecule has 4 heteroatoms. The molecule has 17 heavy (non-hydrogen) atoms. The fourth-order valence-corrected chi connectivity index (χ4v) is 3.39. The van der Waals surface area contributed by atoms with Gasteiger partial charge in [0, 0.05) is 5.92 Å². The Bertz CT molecular complexity index is 415. The van der Waals surface area contributed by atoms with Crippen LogP contribution in [0.2, 0.25) is 0 Å². The van der Waals surface area contributed by atoms with E-state index in [1.807, 2.05) is 0 Å². The van der Waals surface area contributed by atoms with Crippen LogP contribution in [0.15, 0.2) is 17.2 Å². The van der Waals surface area contributed by atoms with Crippen molar-refractivity contribution in [2.45, 2.75) is 44.1 Å². The first-order chi connectivity index (χ1) is 8.28. The maximum atomic E-state index is 5.93. The van der Waals surface area contributed by atoms with Crippen molar-refractivity contribution in [3.05, 3.63) is 24.4 Å². The summed E-state index contributed by atoms with van der Waals surface area (Å²) in [5.74, 6) is 3.63. The lowest BCUT2D eigenvalue weighted by molar-refractivity contribution is 0.338. The van der Waals surface area contributed by atoms with Crippen molar-refractivity contribution in [3.63, 3.8) is 0 Å². The van der Waals surface area contributed by atoms with Crippen molar-refractivity contribution in [3.8, 4) is 0 Å². The molecule has 0 spiro atoms. The van der Waals surface area contributed by atoms with Gasteiger partial charge >= 0.3 is 0 Å². The minimum absolute atomic E-state index is 0.202. The van der Waals surface area contributed by atoms with Crippen LogP contribution in [0.1, 0.15) is 55.8 Å². The highest BCUT2D eigenvalue weighted by Crippen LogP contribution is 2.52. The summed E-state index contributed by atoms with van der Waals surface area (Å²) in [6.07, 6.45) is 7.78. The van der Waals surface area contributed by atoms with Crippen molar-refractivity contribution in [1.82, 2.24) is 10.1 Å². The van der Waals surface area contributed by atoms with Crippen molar-refractivity contribution >= 4 is 0 Å². The summed E-state index contributed by atoms with van der Waals surface area (Å²) < 4.78 is 5.27. The molecule has 4 nitrogen and oxygen atoms in total. The van der Waals surface area contributed by atoms with Crippen LogP contribution in [-0.2, 0) is 0 Å². The molecule has 92 valence electrons. The standard InChI is InChI=1S/C13H19N3O/c1-2-3-11(14)13-15-12(16-17-13)10-7-8-4-5-9(10)6-8/h2,8-11H,1,3-7,14H2. The van der Waals surface area contributed by atoms with Crippen LogP contribution in [0.25, 0.3) is 0 Å². The van der Waals surface area contributed by atoms with E-state index in [0.717, 1.165) is 17.7 Å². The van der Waals surface area contributed by atoms with Gasteiger partial charge in [0.25, 0.3) is 0 Å². The van der Waals surface area contributed by atoms with E-state index in [1.165, 1.54) is 25.7 Å². The third kappa shape index (κ3) is 1.90. The third-order valence-corrected chi connectivity index (χ3v) is 4.26. The van der Waals surface area contributed by atoms with Gasteiger partial charge in [0.15, 0.2) is 5.82 Å². The van der Waals surface area contributed by atoms with Crippen molar-refractivity contribution < 1.29 is 4.52 Å². The predicted molar refractivity (Wildman–Crippen MR) is 64.2 cm³/mol. The number of hydrogen-bond acceptors (Lipinski definition) is 4. The van der Waals surface area contributed by atoms with Gasteiger partial charge in [-0.15, -0.1) is 6.58 Å². The molecule has 4 unspecified atom stereocenters. The van der Waals surface area contributed by atoms with Crippen molar-refractivity contribution in [2.75, 3.05) is 0 Å². The lowest BCUT2D eigenvalue weighted by atomic mass is 9.88. The number of nitrogens with two attached hydrogens (primary N) is 1. The number of nitrogens with zero attached hydrogens (tertiary/aromatic N) is 2. The first-order valence-corrected chi connectivity index (χ1v) is 6.48. The van der Waals surface area contributed by atoms with Crippen LogP contribution < -0.4 is 5.73 Å². The molecule has 1 heterocycles. The summed E-state index contributed by atoms with van der Waals surface area (Å²) in [5, 5.41) is 4.12. The SMILES string of the molecule is C=CCC(N)c1nc(C2CC3CCC2C3)no1. The van der Waals surface area contributed by atoms with E-state index < -0.39 is 0 Å². The smallest absolute Gasteiger partial charge is 0.243 e. The topological polar surface area (TPSA) is 64.9 Å². The van der Waals surface area contributed by atoms with Gasteiger partial charge < -0.3 is 10.3 Å². The lowest BCUT2D eigenvalue weighted by Gasteiger charge is -2.17. The summed E-state index contributed by atoms with van der Waals surface area (Å²) in [6.45, 7) is 3.67. The molecule has 4 atom stereocenters. The molecule has 2 aliphatic carbocycles. The molecular weight excluding hydrogens is 214 g/mol. The van der Waals surface area contributed by atoms with E-state index in [-0.39, 0.29) is 6.04 Å². The van der Waals surface area contributed by atoms with Gasteiger partial charge in [-0.05, 0) is 37.5 Å². The van der Waals surface area contributed by atoms with E-state index in [4.69, 9.17) is 10.3 Å². The minimum atomic E-state index is -0.202. The van der Waals surface area contributed by atoms with Gasteiger partial charge in [-0.2, -0.15) is 4.98 Å². The summed E-state index contributed by atoms with van der Waals surface area (Å²) in [5.41, 5.74) is 5.93. The number of fused-ring (bicyclic) bond motifs is 2. The van der Waals surface area contributed by atoms with Crippen LogP contribution in [0.3, 0.4) is 0 Å². The Kier molecular flexibility index (Phi) is 2.74. The zero-order valence-electron chi connectivity index (χ0n) is 10.0. The van der Waals surface area contributed by atoms with Crippen molar-refractivity contribution in [1.29, 1.82) is 0 Å². The Hall–Kier alpha value is -1.16. The third-order valence-electron chi connectivity index (χ3n) is 4.26. The minimum Gasteiger partial charge on any atom is -0.338 e. The molecule has 0 radical (unpaired) electrons. The molecule has 2 aliphatic rings. The first kappa shape index (κ1) is 11.0. The quantitative estimate of drug-likeness (QED) is 0.812. The van der Waals surface area contributed by atoms with Gasteiger partial charge in [0.05, 0.1) is 6.04 Å². The Morgan fingerprint density at radius 3 is 3.00 bits per heavy atom. The zero-order valence-corrected chi connectivity index (χ0v) is 10.0. The second-order valence-corrected chi connectivity index (χ2v) is 5.40. The number of aromatic nitrogens is 2. The summed E-state index contributed by atoms with van der Waals surface area (Å²) >= 11 is 0. The fraction of sp³-hybridized carbons (Fsp3) is 0.692. The summed E-state index contributed by atoms with van der Waals surface area (Å²) in [6, 6.07) is -0.202. The molecule has 0 aromatic carbocycles. The molecule has 2 N–H and O–H groups in total. The molecule has 3 rings (SSSR count). The van der Waals surface area contributed by atoms with E-state index >= 15 is 0 Å². The molecule has 2 fully saturated rings. The van der Waals surface area contributed by atoms with Crippen LogP contribution in [0, 0.1) is 11.8 Å². The normalized spacial score (nSPS) is 32.9. The lowest BCUT2D eigenvalue weighted by Crippen LogP contribution is -2.12. The highest BCUT2D eigenvalue weighted by molar-refractivity contribution is 5.07. The van der Waals surface area contributed by atoms with Crippen LogP contribution in [0.4, 0.5) is 0 Å².